The second kappa shape index (κ2) is 11.4. The Labute approximate surface area is 191 Å². The molecule has 0 radical (unpaired) electrons. The first kappa shape index (κ1) is 25.8. The summed E-state index contributed by atoms with van der Waals surface area (Å²) in [5.41, 5.74) is 7.18. The number of nitrogens with two attached hydrogens (primary N) is 1. The Kier molecular flexibility index (Phi) is 8.94. The minimum absolute atomic E-state index is 0.0951. The number of nitrogens with one attached hydrogen (secondary N) is 4. The molecule has 4 unspecified atom stereocenters. The van der Waals surface area contributed by atoms with Crippen molar-refractivity contribution in [3.8, 4) is 0 Å². The van der Waals surface area contributed by atoms with E-state index in [2.05, 4.69) is 20.9 Å². The summed E-state index contributed by atoms with van der Waals surface area (Å²) in [7, 11) is 0. The Morgan fingerprint density at radius 3 is 2.27 bits per heavy atom. The average Bonchev–Trinajstić information content (AvgIpc) is 3.18. The van der Waals surface area contributed by atoms with E-state index in [-0.39, 0.29) is 12.3 Å². The lowest BCUT2D eigenvalue weighted by molar-refractivity contribution is -0.143. The van der Waals surface area contributed by atoms with Gasteiger partial charge < -0.3 is 36.9 Å². The summed E-state index contributed by atoms with van der Waals surface area (Å²) >= 11 is 0. The molecular formula is C22H31N5O6. The van der Waals surface area contributed by atoms with Crippen LogP contribution in [0, 0.1) is 5.92 Å². The maximum atomic E-state index is 13.0. The van der Waals surface area contributed by atoms with E-state index in [9.17, 15) is 24.3 Å². The number of benzene rings is 1. The van der Waals surface area contributed by atoms with Gasteiger partial charge >= 0.3 is 5.97 Å². The number of aromatic nitrogens is 1. The van der Waals surface area contributed by atoms with Crippen molar-refractivity contribution >= 4 is 34.6 Å². The number of aliphatic carboxylic acids is 1. The molecule has 11 heteroatoms. The highest BCUT2D eigenvalue weighted by Gasteiger charge is 2.29. The van der Waals surface area contributed by atoms with E-state index in [0.29, 0.717) is 0 Å². The summed E-state index contributed by atoms with van der Waals surface area (Å²) in [6.45, 7) is 4.12. The molecule has 3 amide bonds. The van der Waals surface area contributed by atoms with Gasteiger partial charge in [-0.1, -0.05) is 32.0 Å². The van der Waals surface area contributed by atoms with E-state index < -0.39 is 54.5 Å². The maximum Gasteiger partial charge on any atom is 0.326 e. The fourth-order valence-corrected chi connectivity index (χ4v) is 3.26. The quantitative estimate of drug-likeness (QED) is 0.229. The number of aliphatic hydroxyl groups excluding tert-OH is 1. The summed E-state index contributed by atoms with van der Waals surface area (Å²) < 4.78 is 0. The monoisotopic (exact) mass is 461 g/mol. The van der Waals surface area contributed by atoms with E-state index in [4.69, 9.17) is 10.8 Å². The minimum atomic E-state index is -1.22. The fraction of sp³-hybridized carbons (Fsp3) is 0.455. The van der Waals surface area contributed by atoms with Crippen molar-refractivity contribution < 1.29 is 29.4 Å². The van der Waals surface area contributed by atoms with Gasteiger partial charge in [0.05, 0.1) is 6.61 Å². The number of aliphatic hydroxyl groups is 1. The third-order valence-corrected chi connectivity index (χ3v) is 5.25. The van der Waals surface area contributed by atoms with Crippen LogP contribution in [0.5, 0.6) is 0 Å². The van der Waals surface area contributed by atoms with Crippen LogP contribution in [0.4, 0.5) is 0 Å². The van der Waals surface area contributed by atoms with Gasteiger partial charge in [0, 0.05) is 23.5 Å². The lowest BCUT2D eigenvalue weighted by Crippen LogP contribution is -2.57. The van der Waals surface area contributed by atoms with Crippen LogP contribution in [0.2, 0.25) is 0 Å². The molecule has 0 aliphatic rings. The number of H-pyrrole nitrogens is 1. The van der Waals surface area contributed by atoms with Gasteiger partial charge in [-0.05, 0) is 24.5 Å². The van der Waals surface area contributed by atoms with Gasteiger partial charge in [-0.3, -0.25) is 14.4 Å². The Hall–Kier alpha value is -3.44. The molecular weight excluding hydrogens is 430 g/mol. The largest absolute Gasteiger partial charge is 0.480 e. The van der Waals surface area contributed by atoms with Crippen molar-refractivity contribution in [2.75, 3.05) is 6.61 Å². The number of carbonyl (C=O) groups is 4. The van der Waals surface area contributed by atoms with Gasteiger partial charge in [-0.15, -0.1) is 0 Å². The summed E-state index contributed by atoms with van der Waals surface area (Å²) in [5.74, 6) is -3.59. The molecule has 0 saturated heterocycles. The van der Waals surface area contributed by atoms with Gasteiger partial charge in [0.1, 0.15) is 24.2 Å². The predicted molar refractivity (Wildman–Crippen MR) is 121 cm³/mol. The van der Waals surface area contributed by atoms with Crippen LogP contribution in [-0.2, 0) is 25.6 Å². The average molecular weight is 462 g/mol. The topological polar surface area (TPSA) is 187 Å². The van der Waals surface area contributed by atoms with E-state index in [1.54, 1.807) is 20.0 Å². The molecule has 0 bridgehead atoms. The summed E-state index contributed by atoms with van der Waals surface area (Å²) in [6, 6.07) is 2.95. The number of carboxylic acids is 1. The van der Waals surface area contributed by atoms with Crippen molar-refractivity contribution in [3.63, 3.8) is 0 Å². The molecule has 2 aromatic rings. The molecule has 33 heavy (non-hydrogen) atoms. The highest BCUT2D eigenvalue weighted by molar-refractivity contribution is 5.94. The zero-order chi connectivity index (χ0) is 24.7. The molecule has 11 nitrogen and oxygen atoms in total. The Morgan fingerprint density at radius 2 is 1.67 bits per heavy atom. The second-order valence-corrected chi connectivity index (χ2v) is 8.21. The standard InChI is InChI=1S/C22H31N5O6/c1-11(2)18(22(32)33)27-19(29)12(3)25-21(31)17(26-20(30)15(23)10-28)8-13-9-24-16-7-5-4-6-14(13)16/h4-7,9,11-12,15,17-18,24,28H,8,10,23H2,1-3H3,(H,25,31)(H,26,30)(H,27,29)(H,32,33). The number of amides is 3. The van der Waals surface area contributed by atoms with Gasteiger partial charge in [0.15, 0.2) is 0 Å². The number of aromatic amines is 1. The van der Waals surface area contributed by atoms with Crippen LogP contribution in [0.1, 0.15) is 26.3 Å². The van der Waals surface area contributed by atoms with Crippen molar-refractivity contribution in [1.29, 1.82) is 0 Å². The van der Waals surface area contributed by atoms with Crippen molar-refractivity contribution in [2.24, 2.45) is 11.7 Å². The maximum absolute atomic E-state index is 13.0. The minimum Gasteiger partial charge on any atom is -0.480 e. The number of fused-ring (bicyclic) bond motifs is 1. The van der Waals surface area contributed by atoms with Crippen molar-refractivity contribution in [2.45, 2.75) is 51.4 Å². The van der Waals surface area contributed by atoms with Crippen LogP contribution in [0.15, 0.2) is 30.5 Å². The second-order valence-electron chi connectivity index (χ2n) is 8.21. The zero-order valence-corrected chi connectivity index (χ0v) is 18.8. The highest BCUT2D eigenvalue weighted by Crippen LogP contribution is 2.19. The number of para-hydroxylation sites is 1. The first-order valence-electron chi connectivity index (χ1n) is 10.6. The number of hydrogen-bond acceptors (Lipinski definition) is 6. The first-order valence-corrected chi connectivity index (χ1v) is 10.6. The Bertz CT molecular complexity index is 1000. The molecule has 1 heterocycles. The summed E-state index contributed by atoms with van der Waals surface area (Å²) in [6.07, 6.45) is 1.82. The van der Waals surface area contributed by atoms with Crippen molar-refractivity contribution in [3.05, 3.63) is 36.0 Å². The SMILES string of the molecule is CC(NC(=O)C(Cc1c[nH]c2ccccc12)NC(=O)C(N)CO)C(=O)NC(C(=O)O)C(C)C. The fourth-order valence-electron chi connectivity index (χ4n) is 3.26. The number of rotatable bonds is 11. The van der Waals surface area contributed by atoms with Crippen molar-refractivity contribution in [1.82, 2.24) is 20.9 Å². The predicted octanol–water partition coefficient (Wildman–Crippen LogP) is -0.755. The van der Waals surface area contributed by atoms with Crippen LogP contribution >= 0.6 is 0 Å². The number of carbonyl (C=O) groups excluding carboxylic acids is 3. The third-order valence-electron chi connectivity index (χ3n) is 5.25. The molecule has 1 aromatic carbocycles. The van der Waals surface area contributed by atoms with Gasteiger partial charge in [0.2, 0.25) is 17.7 Å². The van der Waals surface area contributed by atoms with E-state index in [1.807, 2.05) is 24.3 Å². The van der Waals surface area contributed by atoms with E-state index in [0.717, 1.165) is 16.5 Å². The van der Waals surface area contributed by atoms with Crippen LogP contribution in [0.3, 0.4) is 0 Å². The molecule has 2 rings (SSSR count). The molecule has 0 spiro atoms. The highest BCUT2D eigenvalue weighted by atomic mass is 16.4. The third kappa shape index (κ3) is 6.77. The molecule has 4 atom stereocenters. The molecule has 0 aliphatic heterocycles. The van der Waals surface area contributed by atoms with Crippen LogP contribution in [-0.4, -0.2) is 69.7 Å². The van der Waals surface area contributed by atoms with Crippen LogP contribution in [0.25, 0.3) is 10.9 Å². The molecule has 0 fully saturated rings. The van der Waals surface area contributed by atoms with Gasteiger partial charge in [-0.2, -0.15) is 0 Å². The molecule has 0 saturated carbocycles. The molecule has 8 N–H and O–H groups in total. The molecule has 0 aliphatic carbocycles. The number of hydrogen-bond donors (Lipinski definition) is 7. The molecule has 180 valence electrons. The Balaban J connectivity index is 2.17. The van der Waals surface area contributed by atoms with Gasteiger partial charge in [0.25, 0.3) is 0 Å². The normalized spacial score (nSPS) is 14.8. The molecule has 1 aromatic heterocycles. The number of carboxylic acid groups (broad SMARTS) is 1. The smallest absolute Gasteiger partial charge is 0.326 e. The van der Waals surface area contributed by atoms with Crippen LogP contribution < -0.4 is 21.7 Å². The Morgan fingerprint density at radius 1 is 1.00 bits per heavy atom. The first-order chi connectivity index (χ1) is 15.5. The lowest BCUT2D eigenvalue weighted by Gasteiger charge is -2.24. The summed E-state index contributed by atoms with van der Waals surface area (Å²) in [4.78, 5) is 52.1. The lowest BCUT2D eigenvalue weighted by atomic mass is 10.0. The zero-order valence-electron chi connectivity index (χ0n) is 18.8. The van der Waals surface area contributed by atoms with Gasteiger partial charge in [-0.25, -0.2) is 4.79 Å². The van der Waals surface area contributed by atoms with E-state index >= 15 is 0 Å². The summed E-state index contributed by atoms with van der Waals surface area (Å²) in [5, 5.41) is 26.7. The van der Waals surface area contributed by atoms with E-state index in [1.165, 1.54) is 6.92 Å².